The standard InChI is InChI=1S/C20H22N2O4/c1-20(2,19(25)26)15-9-11-16(12-10-15)21-17(23)13-5-7-14(8-6-13)18(24)22(3)4/h5-12H,1-4H3,(H,21,23)(H,25,26). The van der Waals surface area contributed by atoms with Gasteiger partial charge in [0.25, 0.3) is 11.8 Å². The lowest BCUT2D eigenvalue weighted by molar-refractivity contribution is -0.142. The second-order valence-electron chi connectivity index (χ2n) is 6.74. The van der Waals surface area contributed by atoms with E-state index in [1.54, 1.807) is 76.5 Å². The molecule has 26 heavy (non-hydrogen) atoms. The zero-order valence-corrected chi connectivity index (χ0v) is 15.2. The maximum Gasteiger partial charge on any atom is 0.313 e. The molecule has 2 amide bonds. The van der Waals surface area contributed by atoms with E-state index in [9.17, 15) is 19.5 Å². The number of carboxylic acids is 1. The summed E-state index contributed by atoms with van der Waals surface area (Å²) in [6, 6.07) is 13.1. The number of aliphatic carboxylic acids is 1. The van der Waals surface area contributed by atoms with E-state index in [1.807, 2.05) is 0 Å². The Hall–Kier alpha value is -3.15. The van der Waals surface area contributed by atoms with Crippen molar-refractivity contribution >= 4 is 23.5 Å². The molecular weight excluding hydrogens is 332 g/mol. The van der Waals surface area contributed by atoms with Crippen LogP contribution < -0.4 is 5.32 Å². The first-order valence-electron chi connectivity index (χ1n) is 8.10. The number of carboxylic acid groups (broad SMARTS) is 1. The Morgan fingerprint density at radius 1 is 0.885 bits per heavy atom. The Bertz CT molecular complexity index is 822. The number of anilines is 1. The topological polar surface area (TPSA) is 86.7 Å². The molecule has 136 valence electrons. The SMILES string of the molecule is CN(C)C(=O)c1ccc(C(=O)Nc2ccc(C(C)(C)C(=O)O)cc2)cc1. The van der Waals surface area contributed by atoms with Crippen LogP contribution in [0.15, 0.2) is 48.5 Å². The number of nitrogens with one attached hydrogen (secondary N) is 1. The molecule has 0 unspecified atom stereocenters. The molecule has 0 heterocycles. The Morgan fingerprint density at radius 2 is 1.38 bits per heavy atom. The average molecular weight is 354 g/mol. The molecule has 0 aliphatic heterocycles. The van der Waals surface area contributed by atoms with Gasteiger partial charge in [0.1, 0.15) is 0 Å². The summed E-state index contributed by atoms with van der Waals surface area (Å²) in [6.45, 7) is 3.25. The van der Waals surface area contributed by atoms with E-state index in [2.05, 4.69) is 5.32 Å². The van der Waals surface area contributed by atoms with Gasteiger partial charge in [-0.2, -0.15) is 0 Å². The summed E-state index contributed by atoms with van der Waals surface area (Å²) >= 11 is 0. The predicted octanol–water partition coefficient (Wildman–Crippen LogP) is 3.00. The highest BCUT2D eigenvalue weighted by Gasteiger charge is 2.29. The van der Waals surface area contributed by atoms with Gasteiger partial charge in [-0.05, 0) is 55.8 Å². The van der Waals surface area contributed by atoms with E-state index in [4.69, 9.17) is 0 Å². The van der Waals surface area contributed by atoms with E-state index in [1.165, 1.54) is 4.90 Å². The van der Waals surface area contributed by atoms with Gasteiger partial charge in [-0.1, -0.05) is 12.1 Å². The number of rotatable bonds is 5. The maximum absolute atomic E-state index is 12.3. The Labute approximate surface area is 152 Å². The molecule has 2 N–H and O–H groups in total. The molecule has 0 bridgehead atoms. The molecule has 0 atom stereocenters. The second kappa shape index (κ2) is 7.39. The summed E-state index contributed by atoms with van der Waals surface area (Å²) < 4.78 is 0. The van der Waals surface area contributed by atoms with Crippen molar-refractivity contribution in [2.45, 2.75) is 19.3 Å². The molecule has 0 aromatic heterocycles. The predicted molar refractivity (Wildman–Crippen MR) is 99.5 cm³/mol. The van der Waals surface area contributed by atoms with Crippen molar-refractivity contribution < 1.29 is 19.5 Å². The van der Waals surface area contributed by atoms with Crippen LogP contribution in [0.5, 0.6) is 0 Å². The summed E-state index contributed by atoms with van der Waals surface area (Å²) in [4.78, 5) is 36.9. The zero-order chi connectivity index (χ0) is 19.5. The molecule has 0 spiro atoms. The van der Waals surface area contributed by atoms with Crippen LogP contribution >= 0.6 is 0 Å². The Kier molecular flexibility index (Phi) is 5.45. The van der Waals surface area contributed by atoms with Crippen molar-refractivity contribution in [3.05, 3.63) is 65.2 Å². The van der Waals surface area contributed by atoms with E-state index in [0.717, 1.165) is 0 Å². The molecule has 0 aliphatic rings. The molecule has 6 nitrogen and oxygen atoms in total. The summed E-state index contributed by atoms with van der Waals surface area (Å²) in [7, 11) is 3.33. The van der Waals surface area contributed by atoms with Crippen molar-refractivity contribution in [1.29, 1.82) is 0 Å². The highest BCUT2D eigenvalue weighted by molar-refractivity contribution is 6.05. The van der Waals surface area contributed by atoms with Gasteiger partial charge < -0.3 is 15.3 Å². The van der Waals surface area contributed by atoms with Crippen LogP contribution in [0.25, 0.3) is 0 Å². The Balaban J connectivity index is 2.10. The van der Waals surface area contributed by atoms with Crippen LogP contribution in [-0.4, -0.2) is 41.9 Å². The first kappa shape index (κ1) is 19.2. The zero-order valence-electron chi connectivity index (χ0n) is 15.2. The van der Waals surface area contributed by atoms with E-state index >= 15 is 0 Å². The van der Waals surface area contributed by atoms with Crippen LogP contribution in [0.3, 0.4) is 0 Å². The van der Waals surface area contributed by atoms with Crippen molar-refractivity contribution in [1.82, 2.24) is 4.90 Å². The number of amides is 2. The number of nitrogens with zero attached hydrogens (tertiary/aromatic N) is 1. The second-order valence-corrected chi connectivity index (χ2v) is 6.74. The van der Waals surface area contributed by atoms with E-state index in [-0.39, 0.29) is 11.8 Å². The molecule has 0 aliphatic carbocycles. The summed E-state index contributed by atoms with van der Waals surface area (Å²) in [5, 5.41) is 12.0. The van der Waals surface area contributed by atoms with Crippen LogP contribution in [0.1, 0.15) is 40.1 Å². The largest absolute Gasteiger partial charge is 0.481 e. The monoisotopic (exact) mass is 354 g/mol. The fourth-order valence-electron chi connectivity index (χ4n) is 2.32. The first-order valence-corrected chi connectivity index (χ1v) is 8.10. The van der Waals surface area contributed by atoms with Crippen LogP contribution in [0, 0.1) is 0 Å². The third kappa shape index (κ3) is 4.08. The number of carbonyl (C=O) groups excluding carboxylic acids is 2. The van der Waals surface area contributed by atoms with E-state index in [0.29, 0.717) is 22.4 Å². The minimum atomic E-state index is -1.00. The Morgan fingerprint density at radius 3 is 1.85 bits per heavy atom. The van der Waals surface area contributed by atoms with Gasteiger partial charge in [0, 0.05) is 30.9 Å². The lowest BCUT2D eigenvalue weighted by atomic mass is 9.85. The number of carbonyl (C=O) groups is 3. The first-order chi connectivity index (χ1) is 12.1. The van der Waals surface area contributed by atoms with Crippen LogP contribution in [0.4, 0.5) is 5.69 Å². The highest BCUT2D eigenvalue weighted by atomic mass is 16.4. The lowest BCUT2D eigenvalue weighted by Gasteiger charge is -2.19. The number of hydrogen-bond acceptors (Lipinski definition) is 3. The van der Waals surface area contributed by atoms with E-state index < -0.39 is 11.4 Å². The maximum atomic E-state index is 12.3. The highest BCUT2D eigenvalue weighted by Crippen LogP contribution is 2.25. The van der Waals surface area contributed by atoms with Gasteiger partial charge >= 0.3 is 5.97 Å². The number of benzene rings is 2. The van der Waals surface area contributed by atoms with Crippen molar-refractivity contribution in [2.24, 2.45) is 0 Å². The fraction of sp³-hybridized carbons (Fsp3) is 0.250. The van der Waals surface area contributed by atoms with Gasteiger partial charge in [0.05, 0.1) is 5.41 Å². The molecule has 0 saturated heterocycles. The average Bonchev–Trinajstić information content (AvgIpc) is 2.61. The lowest BCUT2D eigenvalue weighted by Crippen LogP contribution is -2.28. The molecule has 2 aromatic rings. The minimum Gasteiger partial charge on any atom is -0.481 e. The molecule has 0 radical (unpaired) electrons. The smallest absolute Gasteiger partial charge is 0.313 e. The van der Waals surface area contributed by atoms with Crippen molar-refractivity contribution in [3.8, 4) is 0 Å². The van der Waals surface area contributed by atoms with Gasteiger partial charge in [-0.15, -0.1) is 0 Å². The molecule has 0 fully saturated rings. The van der Waals surface area contributed by atoms with Gasteiger partial charge in [-0.25, -0.2) is 0 Å². The third-order valence-electron chi connectivity index (χ3n) is 4.20. The quantitative estimate of drug-likeness (QED) is 0.864. The molecular formula is C20H22N2O4. The van der Waals surface area contributed by atoms with Crippen LogP contribution in [0.2, 0.25) is 0 Å². The summed E-state index contributed by atoms with van der Waals surface area (Å²) in [5.41, 5.74) is 1.14. The molecule has 6 heteroatoms. The minimum absolute atomic E-state index is 0.131. The van der Waals surface area contributed by atoms with Crippen molar-refractivity contribution in [2.75, 3.05) is 19.4 Å². The summed E-state index contributed by atoms with van der Waals surface area (Å²) in [5.74, 6) is -1.35. The van der Waals surface area contributed by atoms with Gasteiger partial charge in [0.15, 0.2) is 0 Å². The fourth-order valence-corrected chi connectivity index (χ4v) is 2.32. The normalized spacial score (nSPS) is 10.9. The van der Waals surface area contributed by atoms with Crippen LogP contribution in [-0.2, 0) is 10.2 Å². The summed E-state index contributed by atoms with van der Waals surface area (Å²) in [6.07, 6.45) is 0. The van der Waals surface area contributed by atoms with Gasteiger partial charge in [0.2, 0.25) is 0 Å². The number of hydrogen-bond donors (Lipinski definition) is 2. The molecule has 2 aromatic carbocycles. The van der Waals surface area contributed by atoms with Crippen molar-refractivity contribution in [3.63, 3.8) is 0 Å². The molecule has 2 rings (SSSR count). The molecule has 0 saturated carbocycles. The van der Waals surface area contributed by atoms with Gasteiger partial charge in [-0.3, -0.25) is 14.4 Å². The third-order valence-corrected chi connectivity index (χ3v) is 4.20.